The van der Waals surface area contributed by atoms with Gasteiger partial charge in [-0.3, -0.25) is 10.2 Å². The second-order valence-corrected chi connectivity index (χ2v) is 8.54. The van der Waals surface area contributed by atoms with E-state index in [1.807, 2.05) is 6.07 Å². The summed E-state index contributed by atoms with van der Waals surface area (Å²) in [5, 5.41) is 3.03. The van der Waals surface area contributed by atoms with Gasteiger partial charge in [0.25, 0.3) is 0 Å². The van der Waals surface area contributed by atoms with Gasteiger partial charge >= 0.3 is 6.09 Å². The van der Waals surface area contributed by atoms with Crippen LogP contribution in [0.5, 0.6) is 5.88 Å². The summed E-state index contributed by atoms with van der Waals surface area (Å²) in [4.78, 5) is 30.4. The van der Waals surface area contributed by atoms with Crippen molar-refractivity contribution >= 4 is 12.0 Å². The van der Waals surface area contributed by atoms with Gasteiger partial charge in [0.2, 0.25) is 11.8 Å². The summed E-state index contributed by atoms with van der Waals surface area (Å²) in [5.74, 6) is 0.877. The van der Waals surface area contributed by atoms with Crippen molar-refractivity contribution in [2.45, 2.75) is 69.8 Å². The molecule has 0 spiro atoms. The van der Waals surface area contributed by atoms with Gasteiger partial charge in [-0.25, -0.2) is 15.2 Å². The van der Waals surface area contributed by atoms with E-state index < -0.39 is 0 Å². The minimum atomic E-state index is -0.171. The molecule has 1 aromatic rings. The molecule has 4 rings (SSSR count). The second kappa shape index (κ2) is 9.18. The number of pyridine rings is 1. The monoisotopic (exact) mass is 417 g/mol. The molecule has 2 aliphatic heterocycles. The topological polar surface area (TPSA) is 105 Å². The molecule has 0 bridgehead atoms. The molecule has 1 aliphatic carbocycles. The highest BCUT2D eigenvalue weighted by atomic mass is 16.6. The zero-order chi connectivity index (χ0) is 21.1. The molecule has 1 saturated carbocycles. The first-order valence-electron chi connectivity index (χ1n) is 10.8. The number of likely N-dealkylation sites (tertiary alicyclic amines) is 1. The summed E-state index contributed by atoms with van der Waals surface area (Å²) in [7, 11) is 1.56. The van der Waals surface area contributed by atoms with E-state index in [4.69, 9.17) is 9.47 Å². The van der Waals surface area contributed by atoms with Crippen LogP contribution in [0.25, 0.3) is 0 Å². The van der Waals surface area contributed by atoms with Gasteiger partial charge in [-0.1, -0.05) is 0 Å². The number of methoxy groups -OCH3 is 1. The molecule has 1 aromatic heterocycles. The fraction of sp³-hybridized carbons (Fsp3) is 0.667. The molecule has 3 N–H and O–H groups in total. The number of ether oxygens (including phenoxy) is 2. The Morgan fingerprint density at radius 2 is 2.13 bits per heavy atom. The Balaban J connectivity index is 1.20. The SMILES string of the molecule is COc1cc(CC(=O)NC2CC([C@H]3CC[C@@H](OC(=O)N4CCC4C)C3)NN2)ccn1. The highest BCUT2D eigenvalue weighted by Crippen LogP contribution is 2.33. The van der Waals surface area contributed by atoms with Gasteiger partial charge < -0.3 is 19.7 Å². The highest BCUT2D eigenvalue weighted by Gasteiger charge is 2.38. The van der Waals surface area contributed by atoms with Crippen LogP contribution >= 0.6 is 0 Å². The average molecular weight is 418 g/mol. The Morgan fingerprint density at radius 3 is 2.87 bits per heavy atom. The summed E-state index contributed by atoms with van der Waals surface area (Å²) in [6.07, 6.45) is 6.27. The molecule has 9 heteroatoms. The van der Waals surface area contributed by atoms with Gasteiger partial charge in [0, 0.05) is 30.9 Å². The Morgan fingerprint density at radius 1 is 1.27 bits per heavy atom. The highest BCUT2D eigenvalue weighted by molar-refractivity contribution is 5.78. The molecule has 3 fully saturated rings. The van der Waals surface area contributed by atoms with E-state index >= 15 is 0 Å². The van der Waals surface area contributed by atoms with E-state index in [9.17, 15) is 9.59 Å². The largest absolute Gasteiger partial charge is 0.481 e. The first-order valence-corrected chi connectivity index (χ1v) is 10.8. The number of nitrogens with zero attached hydrogens (tertiary/aromatic N) is 2. The number of carbonyl (C=O) groups excluding carboxylic acids is 2. The lowest BCUT2D eigenvalue weighted by Gasteiger charge is -2.38. The molecule has 3 unspecified atom stereocenters. The van der Waals surface area contributed by atoms with Crippen LogP contribution in [0.2, 0.25) is 0 Å². The van der Waals surface area contributed by atoms with Crippen molar-refractivity contribution < 1.29 is 19.1 Å². The molecule has 3 aliphatic rings. The lowest BCUT2D eigenvalue weighted by atomic mass is 9.96. The maximum absolute atomic E-state index is 12.4. The Kier molecular flexibility index (Phi) is 6.38. The lowest BCUT2D eigenvalue weighted by molar-refractivity contribution is -0.121. The standard InChI is InChI=1S/C21H31N5O4/c1-13-6-8-26(13)21(28)30-16-4-3-15(11-16)17-12-18(25-24-17)23-19(27)9-14-5-7-22-20(10-14)29-2/h5,7,10,13,15-18,24-25H,3-4,6,8-9,11-12H2,1-2H3,(H,23,27)/t13?,15-,16+,17?,18?/m0/s1. The van der Waals surface area contributed by atoms with Gasteiger partial charge in [-0.15, -0.1) is 0 Å². The molecule has 2 amide bonds. The van der Waals surface area contributed by atoms with Gasteiger partial charge in [-0.2, -0.15) is 0 Å². The number of carbonyl (C=O) groups is 2. The number of hydrogen-bond donors (Lipinski definition) is 3. The molecule has 30 heavy (non-hydrogen) atoms. The zero-order valence-electron chi connectivity index (χ0n) is 17.6. The van der Waals surface area contributed by atoms with E-state index in [2.05, 4.69) is 28.1 Å². The maximum Gasteiger partial charge on any atom is 0.410 e. The molecule has 9 nitrogen and oxygen atoms in total. The fourth-order valence-electron chi connectivity index (χ4n) is 4.53. The van der Waals surface area contributed by atoms with Crippen molar-refractivity contribution in [2.24, 2.45) is 5.92 Å². The quantitative estimate of drug-likeness (QED) is 0.642. The predicted molar refractivity (Wildman–Crippen MR) is 109 cm³/mol. The predicted octanol–water partition coefficient (Wildman–Crippen LogP) is 1.34. The Labute approximate surface area is 176 Å². The third kappa shape index (κ3) is 4.84. The van der Waals surface area contributed by atoms with Crippen LogP contribution in [-0.2, 0) is 16.0 Å². The van der Waals surface area contributed by atoms with E-state index in [1.54, 1.807) is 24.3 Å². The first-order chi connectivity index (χ1) is 14.5. The molecule has 3 heterocycles. The van der Waals surface area contributed by atoms with Crippen LogP contribution in [0, 0.1) is 5.92 Å². The third-order valence-corrected chi connectivity index (χ3v) is 6.46. The van der Waals surface area contributed by atoms with Crippen molar-refractivity contribution in [3.05, 3.63) is 23.9 Å². The smallest absolute Gasteiger partial charge is 0.410 e. The molecule has 0 aromatic carbocycles. The number of rotatable bonds is 6. The Hall–Kier alpha value is -2.39. The average Bonchev–Trinajstić information content (AvgIpc) is 3.36. The molecule has 5 atom stereocenters. The summed E-state index contributed by atoms with van der Waals surface area (Å²) in [6, 6.07) is 4.13. The first kappa shape index (κ1) is 20.9. The number of nitrogens with one attached hydrogen (secondary N) is 3. The van der Waals surface area contributed by atoms with Crippen molar-refractivity contribution in [1.29, 1.82) is 0 Å². The van der Waals surface area contributed by atoms with Gasteiger partial charge in [0.05, 0.1) is 19.7 Å². The normalized spacial score (nSPS) is 30.6. The minimum absolute atomic E-state index is 0.00703. The number of aromatic nitrogens is 1. The van der Waals surface area contributed by atoms with Crippen molar-refractivity contribution in [3.8, 4) is 5.88 Å². The molecule has 2 saturated heterocycles. The van der Waals surface area contributed by atoms with Crippen LogP contribution in [0.1, 0.15) is 44.6 Å². The Bertz CT molecular complexity index is 776. The lowest BCUT2D eigenvalue weighted by Crippen LogP contribution is -2.50. The van der Waals surface area contributed by atoms with Crippen LogP contribution in [0.4, 0.5) is 4.79 Å². The molecular weight excluding hydrogens is 386 g/mol. The number of amides is 2. The zero-order valence-corrected chi connectivity index (χ0v) is 17.6. The number of hydrogen-bond acceptors (Lipinski definition) is 7. The summed E-state index contributed by atoms with van der Waals surface area (Å²) in [5.41, 5.74) is 7.36. The van der Waals surface area contributed by atoms with Crippen molar-refractivity contribution in [3.63, 3.8) is 0 Å². The summed E-state index contributed by atoms with van der Waals surface area (Å²) in [6.45, 7) is 2.86. The van der Waals surface area contributed by atoms with Crippen LogP contribution in [-0.4, -0.2) is 59.9 Å². The van der Waals surface area contributed by atoms with Crippen LogP contribution in [0.3, 0.4) is 0 Å². The summed E-state index contributed by atoms with van der Waals surface area (Å²) < 4.78 is 10.8. The maximum atomic E-state index is 12.4. The van der Waals surface area contributed by atoms with Crippen LogP contribution < -0.4 is 20.9 Å². The minimum Gasteiger partial charge on any atom is -0.481 e. The molecule has 0 radical (unpaired) electrons. The van der Waals surface area contributed by atoms with E-state index in [-0.39, 0.29) is 36.7 Å². The third-order valence-electron chi connectivity index (χ3n) is 6.46. The summed E-state index contributed by atoms with van der Waals surface area (Å²) >= 11 is 0. The van der Waals surface area contributed by atoms with Crippen LogP contribution in [0.15, 0.2) is 18.3 Å². The van der Waals surface area contributed by atoms with E-state index in [0.29, 0.717) is 17.8 Å². The fourth-order valence-corrected chi connectivity index (χ4v) is 4.53. The number of hydrazine groups is 1. The van der Waals surface area contributed by atoms with E-state index in [1.165, 1.54) is 0 Å². The van der Waals surface area contributed by atoms with E-state index in [0.717, 1.165) is 44.2 Å². The van der Waals surface area contributed by atoms with Crippen molar-refractivity contribution in [2.75, 3.05) is 13.7 Å². The second-order valence-electron chi connectivity index (χ2n) is 8.54. The molecule has 164 valence electrons. The van der Waals surface area contributed by atoms with Gasteiger partial charge in [-0.05, 0) is 56.6 Å². The van der Waals surface area contributed by atoms with Gasteiger partial charge in [0.1, 0.15) is 6.10 Å². The van der Waals surface area contributed by atoms with Crippen molar-refractivity contribution in [1.82, 2.24) is 26.1 Å². The molecular formula is C21H31N5O4. The van der Waals surface area contributed by atoms with Gasteiger partial charge in [0.15, 0.2) is 0 Å².